The molecule has 1 unspecified atom stereocenters. The van der Waals surface area contributed by atoms with Crippen LogP contribution in [-0.4, -0.2) is 26.9 Å². The van der Waals surface area contributed by atoms with Crippen molar-refractivity contribution < 1.29 is 13.2 Å². The summed E-state index contributed by atoms with van der Waals surface area (Å²) in [5.74, 6) is 0. The molecule has 0 saturated heterocycles. The van der Waals surface area contributed by atoms with Crippen molar-refractivity contribution in [2.24, 2.45) is 0 Å². The third-order valence-electron chi connectivity index (χ3n) is 2.19. The van der Waals surface area contributed by atoms with Crippen molar-refractivity contribution in [1.82, 2.24) is 25.7 Å². The molecule has 2 aromatic rings. The number of thiazole rings is 1. The van der Waals surface area contributed by atoms with E-state index in [2.05, 4.69) is 25.7 Å². The maximum atomic E-state index is 12.5. The van der Waals surface area contributed by atoms with Gasteiger partial charge in [0, 0.05) is 11.1 Å². The van der Waals surface area contributed by atoms with Crippen LogP contribution in [0.2, 0.25) is 0 Å². The van der Waals surface area contributed by atoms with Crippen molar-refractivity contribution in [3.05, 3.63) is 28.0 Å². The number of aromatic amines is 1. The quantitative estimate of drug-likeness (QED) is 0.896. The Labute approximate surface area is 104 Å². The summed E-state index contributed by atoms with van der Waals surface area (Å²) in [4.78, 5) is 3.85. The number of hydrogen-bond donors (Lipinski definition) is 2. The minimum absolute atomic E-state index is 0.428. The van der Waals surface area contributed by atoms with Gasteiger partial charge in [0.2, 0.25) is 0 Å². The normalized spacial score (nSPS) is 13.8. The second-order valence-electron chi connectivity index (χ2n) is 3.45. The van der Waals surface area contributed by atoms with Gasteiger partial charge in [-0.3, -0.25) is 0 Å². The number of halogens is 3. The molecule has 9 heteroatoms. The number of hydrogen-bond acceptors (Lipinski definition) is 5. The van der Waals surface area contributed by atoms with E-state index in [4.69, 9.17) is 0 Å². The lowest BCUT2D eigenvalue weighted by Crippen LogP contribution is -2.21. The summed E-state index contributed by atoms with van der Waals surface area (Å²) < 4.78 is 37.5. The molecule has 0 aliphatic rings. The SMILES string of the molecule is CCNC(c1cn[nH]n1)c1cnc(C(F)(F)F)s1. The minimum Gasteiger partial charge on any atom is -0.304 e. The van der Waals surface area contributed by atoms with Crippen LogP contribution in [0.25, 0.3) is 0 Å². The van der Waals surface area contributed by atoms with Crippen LogP contribution in [0.1, 0.15) is 28.5 Å². The highest BCUT2D eigenvalue weighted by Gasteiger charge is 2.35. The van der Waals surface area contributed by atoms with E-state index in [0.29, 0.717) is 28.5 Å². The Kier molecular flexibility index (Phi) is 3.62. The largest absolute Gasteiger partial charge is 0.443 e. The average Bonchev–Trinajstić information content (AvgIpc) is 2.96. The summed E-state index contributed by atoms with van der Waals surface area (Å²) in [6.45, 7) is 2.45. The molecular weight excluding hydrogens is 267 g/mol. The number of nitrogens with one attached hydrogen (secondary N) is 2. The Morgan fingerprint density at radius 2 is 2.22 bits per heavy atom. The topological polar surface area (TPSA) is 66.5 Å². The summed E-state index contributed by atoms with van der Waals surface area (Å²) in [6.07, 6.45) is -1.72. The standard InChI is InChI=1S/C9H10F3N5S/c1-2-13-7(5-3-15-17-16-5)6-4-14-8(18-6)9(10,11)12/h3-4,7,13H,2H2,1H3,(H,15,16,17). The molecule has 0 spiro atoms. The first kappa shape index (κ1) is 13.0. The fourth-order valence-electron chi connectivity index (χ4n) is 1.46. The molecule has 0 aliphatic carbocycles. The highest BCUT2D eigenvalue weighted by molar-refractivity contribution is 7.11. The predicted octanol–water partition coefficient (Wildman–Crippen LogP) is 1.98. The molecule has 0 bridgehead atoms. The molecule has 0 radical (unpaired) electrons. The summed E-state index contributed by atoms with van der Waals surface area (Å²) in [5.41, 5.74) is 0.536. The molecule has 0 amide bonds. The highest BCUT2D eigenvalue weighted by atomic mass is 32.1. The number of nitrogens with zero attached hydrogens (tertiary/aromatic N) is 3. The third-order valence-corrected chi connectivity index (χ3v) is 3.30. The first-order valence-electron chi connectivity index (χ1n) is 5.14. The van der Waals surface area contributed by atoms with E-state index in [1.54, 1.807) is 0 Å². The van der Waals surface area contributed by atoms with Gasteiger partial charge in [0.05, 0.1) is 12.2 Å². The monoisotopic (exact) mass is 277 g/mol. The van der Waals surface area contributed by atoms with Gasteiger partial charge in [0.25, 0.3) is 0 Å². The van der Waals surface area contributed by atoms with Crippen molar-refractivity contribution in [1.29, 1.82) is 0 Å². The van der Waals surface area contributed by atoms with Gasteiger partial charge in [0.15, 0.2) is 5.01 Å². The van der Waals surface area contributed by atoms with E-state index < -0.39 is 17.2 Å². The molecule has 5 nitrogen and oxygen atoms in total. The van der Waals surface area contributed by atoms with E-state index >= 15 is 0 Å². The van der Waals surface area contributed by atoms with Crippen LogP contribution < -0.4 is 5.32 Å². The van der Waals surface area contributed by atoms with Gasteiger partial charge < -0.3 is 5.32 Å². The Balaban J connectivity index is 2.29. The van der Waals surface area contributed by atoms with Crippen LogP contribution in [0.3, 0.4) is 0 Å². The van der Waals surface area contributed by atoms with Gasteiger partial charge >= 0.3 is 6.18 Å². The summed E-state index contributed by atoms with van der Waals surface area (Å²) >= 11 is 0.606. The average molecular weight is 277 g/mol. The zero-order valence-electron chi connectivity index (χ0n) is 9.32. The molecule has 2 N–H and O–H groups in total. The molecule has 18 heavy (non-hydrogen) atoms. The lowest BCUT2D eigenvalue weighted by molar-refractivity contribution is -0.137. The second-order valence-corrected chi connectivity index (χ2v) is 4.51. The summed E-state index contributed by atoms with van der Waals surface area (Å²) in [5, 5.41) is 12.2. The van der Waals surface area contributed by atoms with E-state index in [9.17, 15) is 13.2 Å². The second kappa shape index (κ2) is 5.02. The molecule has 1 atom stereocenters. The minimum atomic E-state index is -4.41. The Hall–Kier alpha value is -1.48. The van der Waals surface area contributed by atoms with Crippen LogP contribution in [-0.2, 0) is 6.18 Å². The van der Waals surface area contributed by atoms with Crippen molar-refractivity contribution in [3.8, 4) is 0 Å². The zero-order chi connectivity index (χ0) is 13.2. The van der Waals surface area contributed by atoms with Crippen molar-refractivity contribution in [2.75, 3.05) is 6.54 Å². The van der Waals surface area contributed by atoms with Crippen molar-refractivity contribution in [2.45, 2.75) is 19.1 Å². The zero-order valence-corrected chi connectivity index (χ0v) is 10.1. The molecule has 0 saturated carbocycles. The van der Waals surface area contributed by atoms with Gasteiger partial charge in [-0.05, 0) is 6.54 Å². The van der Waals surface area contributed by atoms with Crippen LogP contribution in [0.4, 0.5) is 13.2 Å². The maximum absolute atomic E-state index is 12.5. The Morgan fingerprint density at radius 1 is 1.44 bits per heavy atom. The van der Waals surface area contributed by atoms with Crippen LogP contribution >= 0.6 is 11.3 Å². The van der Waals surface area contributed by atoms with E-state index in [-0.39, 0.29) is 0 Å². The molecule has 0 fully saturated rings. The number of aromatic nitrogens is 4. The van der Waals surface area contributed by atoms with E-state index in [1.165, 1.54) is 12.4 Å². The Bertz CT molecular complexity index is 493. The number of rotatable bonds is 4. The van der Waals surface area contributed by atoms with Crippen LogP contribution in [0, 0.1) is 0 Å². The molecule has 2 rings (SSSR count). The lowest BCUT2D eigenvalue weighted by Gasteiger charge is -2.12. The van der Waals surface area contributed by atoms with Crippen molar-refractivity contribution in [3.63, 3.8) is 0 Å². The fourth-order valence-corrected chi connectivity index (χ4v) is 2.33. The van der Waals surface area contributed by atoms with Gasteiger partial charge in [-0.25, -0.2) is 4.98 Å². The highest BCUT2D eigenvalue weighted by Crippen LogP contribution is 2.35. The third kappa shape index (κ3) is 2.67. The molecule has 2 heterocycles. The summed E-state index contributed by atoms with van der Waals surface area (Å²) in [6, 6.07) is -0.428. The first-order valence-corrected chi connectivity index (χ1v) is 5.96. The lowest BCUT2D eigenvalue weighted by atomic mass is 10.2. The smallest absolute Gasteiger partial charge is 0.304 e. The molecule has 98 valence electrons. The number of alkyl halides is 3. The van der Waals surface area contributed by atoms with Crippen molar-refractivity contribution >= 4 is 11.3 Å². The Morgan fingerprint density at radius 3 is 2.72 bits per heavy atom. The molecule has 0 aliphatic heterocycles. The summed E-state index contributed by atoms with van der Waals surface area (Å²) in [7, 11) is 0. The molecule has 0 aromatic carbocycles. The molecule has 2 aromatic heterocycles. The van der Waals surface area contributed by atoms with Gasteiger partial charge in [-0.1, -0.05) is 6.92 Å². The fraction of sp³-hybridized carbons (Fsp3) is 0.444. The predicted molar refractivity (Wildman–Crippen MR) is 59.0 cm³/mol. The van der Waals surface area contributed by atoms with Gasteiger partial charge in [-0.2, -0.15) is 28.6 Å². The van der Waals surface area contributed by atoms with E-state index in [1.807, 2.05) is 6.92 Å². The van der Waals surface area contributed by atoms with Gasteiger partial charge in [0.1, 0.15) is 5.69 Å². The maximum Gasteiger partial charge on any atom is 0.443 e. The van der Waals surface area contributed by atoms with Crippen LogP contribution in [0.15, 0.2) is 12.4 Å². The number of H-pyrrole nitrogens is 1. The van der Waals surface area contributed by atoms with E-state index in [0.717, 1.165) is 0 Å². The molecular formula is C9H10F3N5S. The first-order chi connectivity index (χ1) is 8.52. The van der Waals surface area contributed by atoms with Gasteiger partial charge in [-0.15, -0.1) is 11.3 Å². The van der Waals surface area contributed by atoms with Crippen LogP contribution in [0.5, 0.6) is 0 Å².